The summed E-state index contributed by atoms with van der Waals surface area (Å²) in [6.07, 6.45) is 4.42. The Bertz CT molecular complexity index is 641. The van der Waals surface area contributed by atoms with Gasteiger partial charge in [-0.15, -0.1) is 0 Å². The van der Waals surface area contributed by atoms with Gasteiger partial charge in [-0.25, -0.2) is 0 Å². The molecule has 1 amide bonds. The average molecular weight is 370 g/mol. The molecule has 130 valence electrons. The van der Waals surface area contributed by atoms with Crippen LogP contribution in [0.15, 0.2) is 18.2 Å². The number of rotatable bonds is 3. The van der Waals surface area contributed by atoms with E-state index >= 15 is 0 Å². The lowest BCUT2D eigenvalue weighted by Crippen LogP contribution is -2.38. The van der Waals surface area contributed by atoms with Gasteiger partial charge in [-0.2, -0.15) is 0 Å². The molecule has 0 aromatic heterocycles. The van der Waals surface area contributed by atoms with Crippen LogP contribution in [0.4, 0.5) is 0 Å². The van der Waals surface area contributed by atoms with Gasteiger partial charge in [0.25, 0.3) is 0 Å². The SMILES string of the molecule is O=C(O)C1CCC(C(=O)N2CCCC2c2ccc(Cl)c(Cl)c2)CC1. The van der Waals surface area contributed by atoms with Crippen molar-refractivity contribution in [1.82, 2.24) is 4.90 Å². The van der Waals surface area contributed by atoms with E-state index in [-0.39, 0.29) is 23.8 Å². The van der Waals surface area contributed by atoms with E-state index < -0.39 is 5.97 Å². The molecule has 4 nitrogen and oxygen atoms in total. The molecule has 1 saturated carbocycles. The lowest BCUT2D eigenvalue weighted by atomic mass is 9.81. The molecule has 0 bridgehead atoms. The Morgan fingerprint density at radius 1 is 1.00 bits per heavy atom. The van der Waals surface area contributed by atoms with Crippen LogP contribution in [0, 0.1) is 11.8 Å². The number of carboxylic acids is 1. The maximum absolute atomic E-state index is 12.9. The lowest BCUT2D eigenvalue weighted by molar-refractivity contribution is -0.146. The molecule has 0 spiro atoms. The minimum atomic E-state index is -0.740. The molecule has 1 unspecified atom stereocenters. The summed E-state index contributed by atoms with van der Waals surface area (Å²) >= 11 is 12.1. The number of carboxylic acid groups (broad SMARTS) is 1. The first-order valence-electron chi connectivity index (χ1n) is 8.45. The zero-order valence-electron chi connectivity index (χ0n) is 13.4. The maximum Gasteiger partial charge on any atom is 0.306 e. The summed E-state index contributed by atoms with van der Waals surface area (Å²) in [5.74, 6) is -0.925. The van der Waals surface area contributed by atoms with Gasteiger partial charge in [0.15, 0.2) is 0 Å². The van der Waals surface area contributed by atoms with Crippen molar-refractivity contribution in [3.8, 4) is 0 Å². The number of hydrogen-bond acceptors (Lipinski definition) is 2. The molecule has 1 N–H and O–H groups in total. The summed E-state index contributed by atoms with van der Waals surface area (Å²) in [7, 11) is 0. The summed E-state index contributed by atoms with van der Waals surface area (Å²) in [5.41, 5.74) is 1.02. The van der Waals surface area contributed by atoms with Crippen molar-refractivity contribution in [2.45, 2.75) is 44.6 Å². The van der Waals surface area contributed by atoms with Crippen LogP contribution >= 0.6 is 23.2 Å². The van der Waals surface area contributed by atoms with E-state index in [1.807, 2.05) is 17.0 Å². The molecule has 1 atom stereocenters. The minimum Gasteiger partial charge on any atom is -0.481 e. The number of amides is 1. The van der Waals surface area contributed by atoms with Crippen molar-refractivity contribution in [2.75, 3.05) is 6.54 Å². The molecular weight excluding hydrogens is 349 g/mol. The van der Waals surface area contributed by atoms with Gasteiger partial charge in [0.2, 0.25) is 5.91 Å². The number of halogens is 2. The van der Waals surface area contributed by atoms with E-state index in [9.17, 15) is 9.59 Å². The van der Waals surface area contributed by atoms with Crippen molar-refractivity contribution < 1.29 is 14.7 Å². The molecule has 1 aliphatic carbocycles. The van der Waals surface area contributed by atoms with Gasteiger partial charge < -0.3 is 10.0 Å². The number of carbonyl (C=O) groups excluding carboxylic acids is 1. The monoisotopic (exact) mass is 369 g/mol. The molecule has 1 aromatic rings. The first-order chi connectivity index (χ1) is 11.5. The zero-order valence-corrected chi connectivity index (χ0v) is 14.9. The van der Waals surface area contributed by atoms with E-state index in [0.717, 1.165) is 24.9 Å². The van der Waals surface area contributed by atoms with Crippen LogP contribution in [0.2, 0.25) is 10.0 Å². The summed E-state index contributed by atoms with van der Waals surface area (Å²) in [6.45, 7) is 0.753. The molecule has 2 fully saturated rings. The van der Waals surface area contributed by atoms with Crippen molar-refractivity contribution in [2.24, 2.45) is 11.8 Å². The number of aliphatic carboxylic acids is 1. The number of nitrogens with zero attached hydrogens (tertiary/aromatic N) is 1. The second kappa shape index (κ2) is 7.32. The van der Waals surface area contributed by atoms with Gasteiger partial charge in [0.05, 0.1) is 22.0 Å². The van der Waals surface area contributed by atoms with Crippen molar-refractivity contribution in [1.29, 1.82) is 0 Å². The predicted molar refractivity (Wildman–Crippen MR) is 93.2 cm³/mol. The van der Waals surface area contributed by atoms with E-state index in [4.69, 9.17) is 28.3 Å². The highest BCUT2D eigenvalue weighted by molar-refractivity contribution is 6.42. The van der Waals surface area contributed by atoms with Gasteiger partial charge in [0, 0.05) is 12.5 Å². The van der Waals surface area contributed by atoms with Gasteiger partial charge in [-0.3, -0.25) is 9.59 Å². The largest absolute Gasteiger partial charge is 0.481 e. The molecule has 1 saturated heterocycles. The highest BCUT2D eigenvalue weighted by Gasteiger charge is 2.36. The molecule has 1 aliphatic heterocycles. The fraction of sp³-hybridized carbons (Fsp3) is 0.556. The second-order valence-corrected chi connectivity index (χ2v) is 7.56. The number of hydrogen-bond donors (Lipinski definition) is 1. The van der Waals surface area contributed by atoms with Crippen LogP contribution in [0.1, 0.15) is 50.1 Å². The quantitative estimate of drug-likeness (QED) is 0.849. The van der Waals surface area contributed by atoms with E-state index in [0.29, 0.717) is 35.7 Å². The molecular formula is C18H21Cl2NO3. The van der Waals surface area contributed by atoms with Crippen LogP contribution in [-0.4, -0.2) is 28.4 Å². The van der Waals surface area contributed by atoms with Gasteiger partial charge >= 0.3 is 5.97 Å². The summed E-state index contributed by atoms with van der Waals surface area (Å²) in [5, 5.41) is 10.1. The molecule has 24 heavy (non-hydrogen) atoms. The normalized spacial score (nSPS) is 27.2. The first kappa shape index (κ1) is 17.6. The Balaban J connectivity index is 1.70. The molecule has 6 heteroatoms. The van der Waals surface area contributed by atoms with Gasteiger partial charge in [-0.05, 0) is 56.2 Å². The van der Waals surface area contributed by atoms with Crippen molar-refractivity contribution in [3.63, 3.8) is 0 Å². The Kier molecular flexibility index (Phi) is 5.36. The Morgan fingerprint density at radius 2 is 1.67 bits per heavy atom. The number of likely N-dealkylation sites (tertiary alicyclic amines) is 1. The standard InChI is InChI=1S/C18H21Cl2NO3/c19-14-8-7-13(10-15(14)20)16-2-1-9-21(16)17(22)11-3-5-12(6-4-11)18(23)24/h7-8,10-12,16H,1-6,9H2,(H,23,24). The van der Waals surface area contributed by atoms with Gasteiger partial charge in [-0.1, -0.05) is 29.3 Å². The third-order valence-corrected chi connectivity index (χ3v) is 6.03. The van der Waals surface area contributed by atoms with Crippen LogP contribution in [0.5, 0.6) is 0 Å². The van der Waals surface area contributed by atoms with Crippen molar-refractivity contribution >= 4 is 35.1 Å². The average Bonchev–Trinajstić information content (AvgIpc) is 3.06. The van der Waals surface area contributed by atoms with Gasteiger partial charge in [0.1, 0.15) is 0 Å². The highest BCUT2D eigenvalue weighted by Crippen LogP contribution is 2.38. The zero-order chi connectivity index (χ0) is 17.3. The lowest BCUT2D eigenvalue weighted by Gasteiger charge is -2.32. The Labute approximate surface area is 151 Å². The minimum absolute atomic E-state index is 0.0458. The summed E-state index contributed by atoms with van der Waals surface area (Å²) in [6, 6.07) is 5.61. The van der Waals surface area contributed by atoms with Crippen LogP contribution < -0.4 is 0 Å². The first-order valence-corrected chi connectivity index (χ1v) is 9.21. The van der Waals surface area contributed by atoms with Crippen LogP contribution in [-0.2, 0) is 9.59 Å². The molecule has 3 rings (SSSR count). The third kappa shape index (κ3) is 3.55. The number of carbonyl (C=O) groups is 2. The predicted octanol–water partition coefficient (Wildman–Crippen LogP) is 4.55. The molecule has 0 radical (unpaired) electrons. The highest BCUT2D eigenvalue weighted by atomic mass is 35.5. The summed E-state index contributed by atoms with van der Waals surface area (Å²) in [4.78, 5) is 25.9. The molecule has 1 heterocycles. The fourth-order valence-corrected chi connectivity index (χ4v) is 4.23. The van der Waals surface area contributed by atoms with Crippen molar-refractivity contribution in [3.05, 3.63) is 33.8 Å². The Hall–Kier alpha value is -1.26. The fourth-order valence-electron chi connectivity index (χ4n) is 3.92. The molecule has 2 aliphatic rings. The second-order valence-electron chi connectivity index (χ2n) is 6.75. The molecule has 1 aromatic carbocycles. The van der Waals surface area contributed by atoms with E-state index in [2.05, 4.69) is 0 Å². The summed E-state index contributed by atoms with van der Waals surface area (Å²) < 4.78 is 0. The van der Waals surface area contributed by atoms with Crippen LogP contribution in [0.3, 0.4) is 0 Å². The third-order valence-electron chi connectivity index (χ3n) is 5.29. The topological polar surface area (TPSA) is 57.6 Å². The Morgan fingerprint density at radius 3 is 2.29 bits per heavy atom. The van der Waals surface area contributed by atoms with E-state index in [1.54, 1.807) is 6.07 Å². The smallest absolute Gasteiger partial charge is 0.306 e. The van der Waals surface area contributed by atoms with Crippen LogP contribution in [0.25, 0.3) is 0 Å². The number of benzene rings is 1. The maximum atomic E-state index is 12.9. The van der Waals surface area contributed by atoms with E-state index in [1.165, 1.54) is 0 Å².